The molecule has 0 saturated carbocycles. The van der Waals surface area contributed by atoms with Crippen molar-refractivity contribution in [1.29, 1.82) is 0 Å². The molecular weight excluding hydrogens is 733 g/mol. The van der Waals surface area contributed by atoms with Crippen LogP contribution in [0.2, 0.25) is 0 Å². The van der Waals surface area contributed by atoms with Gasteiger partial charge in [0.15, 0.2) is 17.5 Å². The van der Waals surface area contributed by atoms with E-state index in [0.717, 1.165) is 61.4 Å². The molecule has 60 heavy (non-hydrogen) atoms. The molecule has 0 radical (unpaired) electrons. The predicted molar refractivity (Wildman–Crippen MR) is 245 cm³/mol. The van der Waals surface area contributed by atoms with Gasteiger partial charge in [0.05, 0.1) is 11.0 Å². The summed E-state index contributed by atoms with van der Waals surface area (Å²) in [6, 6.07) is 61.6. The summed E-state index contributed by atoms with van der Waals surface area (Å²) in [6.07, 6.45) is 11.2. The first-order valence-electron chi connectivity index (χ1n) is 20.4. The van der Waals surface area contributed by atoms with E-state index < -0.39 is 0 Å². The number of para-hydroxylation sites is 2. The highest BCUT2D eigenvalue weighted by atomic mass is 16.3. The highest BCUT2D eigenvalue weighted by molar-refractivity contribution is 6.09. The molecule has 2 aliphatic rings. The van der Waals surface area contributed by atoms with E-state index in [2.05, 4.69) is 150 Å². The van der Waals surface area contributed by atoms with Crippen LogP contribution in [-0.4, -0.2) is 19.5 Å². The van der Waals surface area contributed by atoms with Crippen LogP contribution in [0.4, 0.5) is 0 Å². The van der Waals surface area contributed by atoms with Crippen LogP contribution in [0.5, 0.6) is 0 Å². The number of hydrogen-bond donors (Lipinski definition) is 0. The van der Waals surface area contributed by atoms with Crippen molar-refractivity contribution in [3.8, 4) is 51.0 Å². The monoisotopic (exact) mass is 768 g/mol. The maximum Gasteiger partial charge on any atom is 0.164 e. The quantitative estimate of drug-likeness (QED) is 0.169. The first-order chi connectivity index (χ1) is 29.7. The molecule has 0 fully saturated rings. The molecular formula is C55H36N4O. The number of rotatable bonds is 6. The van der Waals surface area contributed by atoms with Gasteiger partial charge in [-0.2, -0.15) is 0 Å². The summed E-state index contributed by atoms with van der Waals surface area (Å²) in [5.74, 6) is 3.09. The van der Waals surface area contributed by atoms with Gasteiger partial charge < -0.3 is 8.98 Å². The van der Waals surface area contributed by atoms with E-state index in [-0.39, 0.29) is 11.8 Å². The molecule has 0 bridgehead atoms. The van der Waals surface area contributed by atoms with Crippen molar-refractivity contribution in [2.45, 2.75) is 5.92 Å². The van der Waals surface area contributed by atoms with Crippen molar-refractivity contribution in [1.82, 2.24) is 19.5 Å². The molecule has 0 spiro atoms. The Morgan fingerprint density at radius 1 is 0.450 bits per heavy atom. The predicted octanol–water partition coefficient (Wildman–Crippen LogP) is 13.8. The highest BCUT2D eigenvalue weighted by Gasteiger charge is 2.35. The number of furan rings is 1. The minimum absolute atomic E-state index is 0.0538. The maximum absolute atomic E-state index is 6.83. The first-order valence-corrected chi connectivity index (χ1v) is 20.4. The molecule has 282 valence electrons. The normalized spacial score (nSPS) is 15.6. The average Bonchev–Trinajstić information content (AvgIpc) is 3.88. The van der Waals surface area contributed by atoms with Gasteiger partial charge in [-0.25, -0.2) is 15.0 Å². The zero-order valence-electron chi connectivity index (χ0n) is 32.5. The molecule has 0 saturated heterocycles. The van der Waals surface area contributed by atoms with Crippen LogP contribution in [-0.2, 0) is 0 Å². The summed E-state index contributed by atoms with van der Waals surface area (Å²) in [4.78, 5) is 15.0. The number of benzene rings is 7. The molecule has 7 aromatic carbocycles. The second-order valence-electron chi connectivity index (χ2n) is 15.5. The van der Waals surface area contributed by atoms with Gasteiger partial charge in [-0.05, 0) is 64.7 Å². The summed E-state index contributed by atoms with van der Waals surface area (Å²) in [5, 5.41) is 3.64. The summed E-state index contributed by atoms with van der Waals surface area (Å²) >= 11 is 0. The van der Waals surface area contributed by atoms with Gasteiger partial charge in [0.25, 0.3) is 0 Å². The average molecular weight is 769 g/mol. The van der Waals surface area contributed by atoms with Gasteiger partial charge in [0.1, 0.15) is 11.3 Å². The third kappa shape index (κ3) is 5.58. The molecule has 5 heteroatoms. The lowest BCUT2D eigenvalue weighted by Gasteiger charge is -2.30. The highest BCUT2D eigenvalue weighted by Crippen LogP contribution is 2.50. The molecule has 0 amide bonds. The Bertz CT molecular complexity index is 3260. The number of nitrogens with zero attached hydrogens (tertiary/aromatic N) is 4. The fraction of sp³-hybridized carbons (Fsp3) is 0.0364. The van der Waals surface area contributed by atoms with E-state index in [4.69, 9.17) is 19.4 Å². The number of allylic oxidation sites excluding steroid dienone is 5. The van der Waals surface area contributed by atoms with Gasteiger partial charge in [-0.3, -0.25) is 0 Å². The van der Waals surface area contributed by atoms with Crippen molar-refractivity contribution in [3.63, 3.8) is 0 Å². The Morgan fingerprint density at radius 2 is 1.00 bits per heavy atom. The minimum atomic E-state index is 0.0538. The zero-order valence-corrected chi connectivity index (χ0v) is 32.5. The maximum atomic E-state index is 6.83. The summed E-state index contributed by atoms with van der Waals surface area (Å²) in [5.41, 5.74) is 13.0. The van der Waals surface area contributed by atoms with Crippen LogP contribution in [0.25, 0.3) is 95.4 Å². The first kappa shape index (κ1) is 34.2. The Hall–Kier alpha value is -7.89. The third-order valence-corrected chi connectivity index (χ3v) is 12.0. The van der Waals surface area contributed by atoms with Gasteiger partial charge in [0, 0.05) is 55.9 Å². The van der Waals surface area contributed by atoms with E-state index >= 15 is 0 Å². The van der Waals surface area contributed by atoms with Crippen LogP contribution < -0.4 is 0 Å². The van der Waals surface area contributed by atoms with E-state index in [0.29, 0.717) is 17.5 Å². The molecule has 3 heterocycles. The second-order valence-corrected chi connectivity index (χ2v) is 15.5. The molecule has 12 rings (SSSR count). The summed E-state index contributed by atoms with van der Waals surface area (Å²) in [6.45, 7) is 0. The van der Waals surface area contributed by atoms with Crippen LogP contribution in [0, 0.1) is 5.92 Å². The van der Waals surface area contributed by atoms with E-state index in [1.54, 1.807) is 0 Å². The van der Waals surface area contributed by atoms with Gasteiger partial charge in [-0.1, -0.05) is 164 Å². The van der Waals surface area contributed by atoms with E-state index in [1.165, 1.54) is 27.4 Å². The van der Waals surface area contributed by atoms with Crippen molar-refractivity contribution < 1.29 is 4.42 Å². The molecule has 2 atom stereocenters. The van der Waals surface area contributed by atoms with E-state index in [9.17, 15) is 0 Å². The van der Waals surface area contributed by atoms with Crippen molar-refractivity contribution in [2.24, 2.45) is 5.92 Å². The van der Waals surface area contributed by atoms with Crippen LogP contribution in [0.15, 0.2) is 205 Å². The Balaban J connectivity index is 0.980. The van der Waals surface area contributed by atoms with E-state index in [1.807, 2.05) is 60.7 Å². The zero-order chi connectivity index (χ0) is 39.6. The third-order valence-electron chi connectivity index (χ3n) is 12.0. The van der Waals surface area contributed by atoms with Crippen LogP contribution >= 0.6 is 0 Å². The molecule has 0 aliphatic heterocycles. The smallest absolute Gasteiger partial charge is 0.164 e. The lowest BCUT2D eigenvalue weighted by Crippen LogP contribution is -2.17. The van der Waals surface area contributed by atoms with Gasteiger partial charge >= 0.3 is 0 Å². The number of hydrogen-bond acceptors (Lipinski definition) is 4. The Morgan fingerprint density at radius 3 is 1.67 bits per heavy atom. The fourth-order valence-electron chi connectivity index (χ4n) is 9.27. The van der Waals surface area contributed by atoms with Crippen molar-refractivity contribution in [2.75, 3.05) is 0 Å². The topological polar surface area (TPSA) is 56.7 Å². The molecule has 5 nitrogen and oxygen atoms in total. The molecule has 3 aromatic heterocycles. The van der Waals surface area contributed by atoms with Crippen molar-refractivity contribution >= 4 is 44.4 Å². The van der Waals surface area contributed by atoms with Crippen molar-refractivity contribution in [3.05, 3.63) is 217 Å². The lowest BCUT2D eigenvalue weighted by molar-refractivity contribution is 0.496. The molecule has 10 aromatic rings. The summed E-state index contributed by atoms with van der Waals surface area (Å²) in [7, 11) is 0. The molecule has 2 unspecified atom stereocenters. The van der Waals surface area contributed by atoms with Crippen LogP contribution in [0.3, 0.4) is 0 Å². The van der Waals surface area contributed by atoms with Crippen LogP contribution in [0.1, 0.15) is 22.8 Å². The standard InChI is InChI=1S/C55H36N4O/c1-3-15-36(16-4-1)53-56-54(37-17-5-2-6-18-37)58-55(57-53)39-20-13-19-38(33-39)46-34-47-51-41(25-14-28-50(51)60-52(47)45-24-8-7-21-42(45)46)35-29-31-40(32-30-35)59-48-26-11-9-22-43(48)44-23-10-12-27-49(44)59/h1-34,42,45H. The molecule has 2 aliphatic carbocycles. The number of aromatic nitrogens is 4. The summed E-state index contributed by atoms with van der Waals surface area (Å²) < 4.78 is 9.19. The molecule has 0 N–H and O–H groups in total. The Labute approximate surface area is 347 Å². The Kier molecular flexibility index (Phi) is 7.91. The SMILES string of the molecule is C1=CC2C(c3cccc(-c4nc(-c5ccccc5)nc(-c5ccccc5)n4)c3)=Cc3c(oc4cccc(-c5ccc(-n6c7ccccc7c7ccccc76)cc5)c34)C2C=C1. The second kappa shape index (κ2) is 13.9. The lowest BCUT2D eigenvalue weighted by atomic mass is 9.73. The van der Waals surface area contributed by atoms with Gasteiger partial charge in [-0.15, -0.1) is 0 Å². The minimum Gasteiger partial charge on any atom is -0.460 e. The number of fused-ring (bicyclic) bond motifs is 8. The van der Waals surface area contributed by atoms with Gasteiger partial charge in [0.2, 0.25) is 0 Å². The fourth-order valence-corrected chi connectivity index (χ4v) is 9.27. The largest absolute Gasteiger partial charge is 0.460 e.